The number of nitrogens with two attached hydrogens (primary N) is 1. The summed E-state index contributed by atoms with van der Waals surface area (Å²) in [4.78, 5) is 14.8. The van der Waals surface area contributed by atoms with Crippen LogP contribution in [0.25, 0.3) is 0 Å². The summed E-state index contributed by atoms with van der Waals surface area (Å²) >= 11 is 0. The molecule has 0 saturated carbocycles. The number of hydrogen-bond acceptors (Lipinski definition) is 4. The standard InChI is InChI=1S/C20H25N3O2.2ClH/c1-15-5-7-16(8-6-15)19(23-9-11-25-12-10-23)14-22-20(24)17-3-2-4-18(21)13-17;;/h2-8,13,19H,9-12,14,21H2,1H3,(H,22,24);2*1H. The Bertz CT molecular complexity index is 719. The second-order valence-corrected chi connectivity index (χ2v) is 6.41. The van der Waals surface area contributed by atoms with Gasteiger partial charge in [-0.15, -0.1) is 24.8 Å². The molecule has 1 atom stereocenters. The van der Waals surface area contributed by atoms with Crippen molar-refractivity contribution in [2.24, 2.45) is 0 Å². The van der Waals surface area contributed by atoms with Crippen LogP contribution in [-0.2, 0) is 4.74 Å². The molecule has 0 bridgehead atoms. The zero-order valence-electron chi connectivity index (χ0n) is 15.4. The number of morpholine rings is 1. The Morgan fingerprint density at radius 1 is 1.15 bits per heavy atom. The molecule has 0 aliphatic carbocycles. The summed E-state index contributed by atoms with van der Waals surface area (Å²) < 4.78 is 5.47. The SMILES string of the molecule is Cc1ccc(C(CNC(=O)c2cccc(N)c2)N2CCOCC2)cc1.Cl.Cl. The molecule has 0 radical (unpaired) electrons. The highest BCUT2D eigenvalue weighted by Gasteiger charge is 2.23. The number of nitrogens with zero attached hydrogens (tertiary/aromatic N) is 1. The Morgan fingerprint density at radius 3 is 2.44 bits per heavy atom. The van der Waals surface area contributed by atoms with Gasteiger partial charge in [0.2, 0.25) is 0 Å². The van der Waals surface area contributed by atoms with Gasteiger partial charge in [0.05, 0.1) is 19.3 Å². The van der Waals surface area contributed by atoms with Crippen molar-refractivity contribution in [3.63, 3.8) is 0 Å². The number of rotatable bonds is 5. The van der Waals surface area contributed by atoms with Gasteiger partial charge in [-0.1, -0.05) is 35.9 Å². The number of benzene rings is 2. The molecule has 5 nitrogen and oxygen atoms in total. The van der Waals surface area contributed by atoms with Crippen molar-refractivity contribution in [1.29, 1.82) is 0 Å². The van der Waals surface area contributed by atoms with E-state index in [0.717, 1.165) is 26.3 Å². The third-order valence-electron chi connectivity index (χ3n) is 4.55. The van der Waals surface area contributed by atoms with Crippen LogP contribution in [0.5, 0.6) is 0 Å². The molecule has 1 fully saturated rings. The maximum Gasteiger partial charge on any atom is 0.251 e. The van der Waals surface area contributed by atoms with E-state index in [-0.39, 0.29) is 36.8 Å². The summed E-state index contributed by atoms with van der Waals surface area (Å²) in [5.74, 6) is -0.0994. The molecule has 3 N–H and O–H groups in total. The van der Waals surface area contributed by atoms with E-state index in [4.69, 9.17) is 10.5 Å². The Kier molecular flexibility index (Phi) is 9.60. The van der Waals surface area contributed by atoms with Gasteiger partial charge in [0.25, 0.3) is 5.91 Å². The molecule has 7 heteroatoms. The fraction of sp³-hybridized carbons (Fsp3) is 0.350. The molecule has 1 aliphatic rings. The van der Waals surface area contributed by atoms with Crippen molar-refractivity contribution in [3.8, 4) is 0 Å². The number of carbonyl (C=O) groups excluding carboxylic acids is 1. The highest BCUT2D eigenvalue weighted by molar-refractivity contribution is 5.95. The Labute approximate surface area is 173 Å². The number of carbonyl (C=O) groups is 1. The van der Waals surface area contributed by atoms with Crippen LogP contribution in [0.15, 0.2) is 48.5 Å². The van der Waals surface area contributed by atoms with Crippen LogP contribution in [0.2, 0.25) is 0 Å². The van der Waals surface area contributed by atoms with Gasteiger partial charge < -0.3 is 15.8 Å². The predicted molar refractivity (Wildman–Crippen MR) is 114 cm³/mol. The summed E-state index contributed by atoms with van der Waals surface area (Å²) in [6.45, 7) is 5.82. The molecular weight excluding hydrogens is 385 g/mol. The Balaban J connectivity index is 0.00000182. The largest absolute Gasteiger partial charge is 0.399 e. The summed E-state index contributed by atoms with van der Waals surface area (Å²) in [5.41, 5.74) is 9.39. The van der Waals surface area contributed by atoms with E-state index >= 15 is 0 Å². The number of nitrogen functional groups attached to an aromatic ring is 1. The molecular formula is C20H27Cl2N3O2. The third kappa shape index (κ3) is 6.40. The number of halogens is 2. The molecule has 27 heavy (non-hydrogen) atoms. The number of nitrogens with one attached hydrogen (secondary N) is 1. The molecule has 0 spiro atoms. The highest BCUT2D eigenvalue weighted by atomic mass is 35.5. The van der Waals surface area contributed by atoms with E-state index in [1.165, 1.54) is 11.1 Å². The fourth-order valence-corrected chi connectivity index (χ4v) is 3.11. The quantitative estimate of drug-likeness (QED) is 0.741. The minimum absolute atomic E-state index is 0. The van der Waals surface area contributed by atoms with Gasteiger partial charge in [0.1, 0.15) is 0 Å². The molecule has 1 unspecified atom stereocenters. The van der Waals surface area contributed by atoms with Crippen molar-refractivity contribution in [2.75, 3.05) is 38.6 Å². The van der Waals surface area contributed by atoms with Crippen LogP contribution >= 0.6 is 24.8 Å². The maximum absolute atomic E-state index is 12.5. The molecule has 1 heterocycles. The number of aryl methyl sites for hydroxylation is 1. The van der Waals surface area contributed by atoms with E-state index < -0.39 is 0 Å². The van der Waals surface area contributed by atoms with Crippen LogP contribution in [0, 0.1) is 6.92 Å². The lowest BCUT2D eigenvalue weighted by Gasteiger charge is -2.35. The maximum atomic E-state index is 12.5. The van der Waals surface area contributed by atoms with Crippen molar-refractivity contribution in [3.05, 3.63) is 65.2 Å². The Morgan fingerprint density at radius 2 is 1.81 bits per heavy atom. The van der Waals surface area contributed by atoms with Crippen molar-refractivity contribution < 1.29 is 9.53 Å². The van der Waals surface area contributed by atoms with Gasteiger partial charge in [0, 0.05) is 30.9 Å². The first-order chi connectivity index (χ1) is 12.1. The van der Waals surface area contributed by atoms with E-state index in [1.54, 1.807) is 24.3 Å². The Hall–Kier alpha value is -1.79. The van der Waals surface area contributed by atoms with Gasteiger partial charge in [-0.3, -0.25) is 9.69 Å². The predicted octanol–water partition coefficient (Wildman–Crippen LogP) is 3.22. The van der Waals surface area contributed by atoms with Crippen LogP contribution in [0.1, 0.15) is 27.5 Å². The second kappa shape index (κ2) is 11.1. The van der Waals surface area contributed by atoms with E-state index in [0.29, 0.717) is 17.8 Å². The molecule has 2 aromatic carbocycles. The van der Waals surface area contributed by atoms with Crippen LogP contribution < -0.4 is 11.1 Å². The fourth-order valence-electron chi connectivity index (χ4n) is 3.11. The first-order valence-electron chi connectivity index (χ1n) is 8.65. The molecule has 1 saturated heterocycles. The van der Waals surface area contributed by atoms with Crippen molar-refractivity contribution in [1.82, 2.24) is 10.2 Å². The first kappa shape index (κ1) is 23.2. The molecule has 0 aromatic heterocycles. The molecule has 2 aromatic rings. The molecule has 148 valence electrons. The van der Waals surface area contributed by atoms with Gasteiger partial charge in [-0.25, -0.2) is 0 Å². The number of hydrogen-bond donors (Lipinski definition) is 2. The summed E-state index contributed by atoms with van der Waals surface area (Å²) in [7, 11) is 0. The minimum Gasteiger partial charge on any atom is -0.399 e. The zero-order valence-corrected chi connectivity index (χ0v) is 17.0. The second-order valence-electron chi connectivity index (χ2n) is 6.41. The van der Waals surface area contributed by atoms with Crippen LogP contribution in [-0.4, -0.2) is 43.7 Å². The third-order valence-corrected chi connectivity index (χ3v) is 4.55. The smallest absolute Gasteiger partial charge is 0.251 e. The van der Waals surface area contributed by atoms with E-state index in [1.807, 2.05) is 0 Å². The van der Waals surface area contributed by atoms with Crippen LogP contribution in [0.4, 0.5) is 5.69 Å². The van der Waals surface area contributed by atoms with Gasteiger partial charge in [-0.05, 0) is 30.7 Å². The number of ether oxygens (including phenoxy) is 1. The lowest BCUT2D eigenvalue weighted by molar-refractivity contribution is 0.0162. The molecule has 1 amide bonds. The molecule has 3 rings (SSSR count). The topological polar surface area (TPSA) is 67.6 Å². The zero-order chi connectivity index (χ0) is 17.6. The monoisotopic (exact) mass is 411 g/mol. The van der Waals surface area contributed by atoms with Gasteiger partial charge in [-0.2, -0.15) is 0 Å². The first-order valence-corrected chi connectivity index (χ1v) is 8.65. The van der Waals surface area contributed by atoms with Gasteiger partial charge in [0.15, 0.2) is 0 Å². The van der Waals surface area contributed by atoms with Crippen molar-refractivity contribution in [2.45, 2.75) is 13.0 Å². The minimum atomic E-state index is -0.0994. The van der Waals surface area contributed by atoms with E-state index in [9.17, 15) is 4.79 Å². The normalized spacial score (nSPS) is 15.1. The van der Waals surface area contributed by atoms with Gasteiger partial charge >= 0.3 is 0 Å². The number of amides is 1. The van der Waals surface area contributed by atoms with Crippen molar-refractivity contribution >= 4 is 36.4 Å². The molecule has 1 aliphatic heterocycles. The van der Waals surface area contributed by atoms with Crippen LogP contribution in [0.3, 0.4) is 0 Å². The summed E-state index contributed by atoms with van der Waals surface area (Å²) in [5, 5.41) is 3.06. The lowest BCUT2D eigenvalue weighted by Crippen LogP contribution is -2.43. The average molecular weight is 412 g/mol. The lowest BCUT2D eigenvalue weighted by atomic mass is 10.0. The summed E-state index contributed by atoms with van der Waals surface area (Å²) in [6, 6.07) is 15.7. The average Bonchev–Trinajstić information content (AvgIpc) is 2.64. The summed E-state index contributed by atoms with van der Waals surface area (Å²) in [6.07, 6.45) is 0. The highest BCUT2D eigenvalue weighted by Crippen LogP contribution is 2.22. The van der Waals surface area contributed by atoms with E-state index in [2.05, 4.69) is 41.4 Å². The number of anilines is 1.